The molecule has 3 rings (SSSR count). The molecule has 0 saturated carbocycles. The van der Waals surface area contributed by atoms with E-state index in [0.29, 0.717) is 5.88 Å². The zero-order valence-electron chi connectivity index (χ0n) is 12.1. The third-order valence-corrected chi connectivity index (χ3v) is 3.41. The second-order valence-corrected chi connectivity index (χ2v) is 4.85. The lowest BCUT2D eigenvalue weighted by Crippen LogP contribution is -2.43. The topological polar surface area (TPSA) is 46.6 Å². The van der Waals surface area contributed by atoms with E-state index in [1.807, 2.05) is 42.5 Å². The first-order chi connectivity index (χ1) is 10.3. The molecule has 1 aliphatic heterocycles. The van der Waals surface area contributed by atoms with Crippen LogP contribution in [0.3, 0.4) is 0 Å². The number of hydrogen-bond donors (Lipinski definition) is 1. The van der Waals surface area contributed by atoms with Crippen LogP contribution in [0, 0.1) is 0 Å². The molecule has 1 N–H and O–H groups in total. The highest BCUT2D eigenvalue weighted by Crippen LogP contribution is 2.25. The van der Waals surface area contributed by atoms with Gasteiger partial charge in [-0.2, -0.15) is 4.98 Å². The fourth-order valence-corrected chi connectivity index (χ4v) is 2.32. The van der Waals surface area contributed by atoms with Gasteiger partial charge in [0.25, 0.3) is 0 Å². The number of pyridine rings is 1. The molecular formula is C16H19N3O2. The smallest absolute Gasteiger partial charge is 0.221 e. The highest BCUT2D eigenvalue weighted by atomic mass is 16.5. The summed E-state index contributed by atoms with van der Waals surface area (Å²) in [6.07, 6.45) is 0. The Kier molecular flexibility index (Phi) is 4.21. The molecule has 0 aliphatic carbocycles. The molecule has 0 unspecified atom stereocenters. The van der Waals surface area contributed by atoms with Gasteiger partial charge in [0.15, 0.2) is 0 Å². The van der Waals surface area contributed by atoms with Crippen LogP contribution in [-0.4, -0.2) is 38.3 Å². The second kappa shape index (κ2) is 6.45. The van der Waals surface area contributed by atoms with Gasteiger partial charge in [0.05, 0.1) is 7.11 Å². The first-order valence-electron chi connectivity index (χ1n) is 7.10. The number of benzene rings is 1. The lowest BCUT2D eigenvalue weighted by Gasteiger charge is -2.28. The summed E-state index contributed by atoms with van der Waals surface area (Å²) in [7, 11) is 1.64. The van der Waals surface area contributed by atoms with Crippen LogP contribution in [0.25, 0.3) is 0 Å². The summed E-state index contributed by atoms with van der Waals surface area (Å²) in [6.45, 7) is 3.91. The van der Waals surface area contributed by atoms with Crippen LogP contribution in [0.4, 0.5) is 5.82 Å². The van der Waals surface area contributed by atoms with Gasteiger partial charge in [0.2, 0.25) is 5.88 Å². The van der Waals surface area contributed by atoms with E-state index in [2.05, 4.69) is 15.2 Å². The predicted octanol–water partition coefficient (Wildman–Crippen LogP) is 2.29. The summed E-state index contributed by atoms with van der Waals surface area (Å²) in [5, 5.41) is 3.34. The summed E-state index contributed by atoms with van der Waals surface area (Å²) < 4.78 is 11.0. The molecule has 0 bridgehead atoms. The minimum absolute atomic E-state index is 0.597. The van der Waals surface area contributed by atoms with Crippen molar-refractivity contribution in [1.29, 1.82) is 0 Å². The van der Waals surface area contributed by atoms with Crippen LogP contribution in [0.1, 0.15) is 0 Å². The maximum absolute atomic E-state index is 5.82. The highest BCUT2D eigenvalue weighted by molar-refractivity contribution is 5.42. The molecule has 2 aromatic rings. The van der Waals surface area contributed by atoms with Crippen LogP contribution >= 0.6 is 0 Å². The summed E-state index contributed by atoms with van der Waals surface area (Å²) in [4.78, 5) is 6.84. The van der Waals surface area contributed by atoms with Crippen molar-refractivity contribution in [2.45, 2.75) is 0 Å². The van der Waals surface area contributed by atoms with E-state index in [0.717, 1.165) is 43.5 Å². The van der Waals surface area contributed by atoms with E-state index in [1.54, 1.807) is 7.11 Å². The summed E-state index contributed by atoms with van der Waals surface area (Å²) in [5.41, 5.74) is 0. The van der Waals surface area contributed by atoms with Crippen molar-refractivity contribution in [1.82, 2.24) is 10.3 Å². The van der Waals surface area contributed by atoms with Crippen molar-refractivity contribution in [3.8, 4) is 17.4 Å². The van der Waals surface area contributed by atoms with Crippen LogP contribution in [0.15, 0.2) is 42.5 Å². The average Bonchev–Trinajstić information content (AvgIpc) is 2.56. The maximum Gasteiger partial charge on any atom is 0.221 e. The van der Waals surface area contributed by atoms with Crippen LogP contribution in [0.2, 0.25) is 0 Å². The number of ether oxygens (including phenoxy) is 2. The summed E-state index contributed by atoms with van der Waals surface area (Å²) in [5.74, 6) is 3.04. The third-order valence-electron chi connectivity index (χ3n) is 3.41. The Labute approximate surface area is 124 Å². The second-order valence-electron chi connectivity index (χ2n) is 4.85. The molecule has 5 nitrogen and oxygen atoms in total. The monoisotopic (exact) mass is 285 g/mol. The molecule has 1 fully saturated rings. The molecule has 1 aromatic carbocycles. The molecule has 0 amide bonds. The number of nitrogens with zero attached hydrogens (tertiary/aromatic N) is 2. The van der Waals surface area contributed by atoms with Crippen molar-refractivity contribution < 1.29 is 9.47 Å². The number of hydrogen-bond acceptors (Lipinski definition) is 5. The van der Waals surface area contributed by atoms with Crippen LogP contribution < -0.4 is 19.7 Å². The van der Waals surface area contributed by atoms with Crippen LogP contribution in [0.5, 0.6) is 17.4 Å². The van der Waals surface area contributed by atoms with Crippen molar-refractivity contribution in [2.75, 3.05) is 38.2 Å². The van der Waals surface area contributed by atoms with E-state index in [9.17, 15) is 0 Å². The molecule has 21 heavy (non-hydrogen) atoms. The Balaban J connectivity index is 1.76. The zero-order valence-corrected chi connectivity index (χ0v) is 12.1. The Hall–Kier alpha value is -2.27. The van der Waals surface area contributed by atoms with Crippen molar-refractivity contribution in [3.63, 3.8) is 0 Å². The molecule has 0 radical (unpaired) electrons. The molecule has 1 aromatic heterocycles. The van der Waals surface area contributed by atoms with Gasteiger partial charge < -0.3 is 19.7 Å². The first-order valence-corrected chi connectivity index (χ1v) is 7.10. The maximum atomic E-state index is 5.82. The van der Waals surface area contributed by atoms with Crippen molar-refractivity contribution in [2.24, 2.45) is 0 Å². The van der Waals surface area contributed by atoms with E-state index >= 15 is 0 Å². The standard InChI is InChI=1S/C16H19N3O2/c1-20-13-4-2-5-14(12-13)21-16-7-3-6-15(18-16)19-10-8-17-9-11-19/h2-7,12,17H,8-11H2,1H3. The van der Waals surface area contributed by atoms with Gasteiger partial charge in [-0.1, -0.05) is 12.1 Å². The predicted molar refractivity (Wildman–Crippen MR) is 82.4 cm³/mol. The number of methoxy groups -OCH3 is 1. The van der Waals surface area contributed by atoms with Gasteiger partial charge in [-0.3, -0.25) is 0 Å². The SMILES string of the molecule is COc1cccc(Oc2cccc(N3CCNCC3)n2)c1. The van der Waals surface area contributed by atoms with Gasteiger partial charge in [-0.15, -0.1) is 0 Å². The lowest BCUT2D eigenvalue weighted by atomic mass is 10.3. The summed E-state index contributed by atoms with van der Waals surface area (Å²) in [6, 6.07) is 13.4. The largest absolute Gasteiger partial charge is 0.497 e. The Morgan fingerprint density at radius 2 is 1.81 bits per heavy atom. The molecule has 5 heteroatoms. The Morgan fingerprint density at radius 3 is 2.62 bits per heavy atom. The minimum Gasteiger partial charge on any atom is -0.497 e. The van der Waals surface area contributed by atoms with Gasteiger partial charge in [-0.25, -0.2) is 0 Å². The normalized spacial score (nSPS) is 14.8. The Morgan fingerprint density at radius 1 is 1.05 bits per heavy atom. The van der Waals surface area contributed by atoms with E-state index in [1.165, 1.54) is 0 Å². The number of anilines is 1. The Bertz CT molecular complexity index is 598. The van der Waals surface area contributed by atoms with E-state index in [-0.39, 0.29) is 0 Å². The lowest BCUT2D eigenvalue weighted by molar-refractivity contribution is 0.407. The molecule has 0 spiro atoms. The number of nitrogens with one attached hydrogen (secondary N) is 1. The van der Waals surface area contributed by atoms with Gasteiger partial charge >= 0.3 is 0 Å². The van der Waals surface area contributed by atoms with Gasteiger partial charge in [0.1, 0.15) is 17.3 Å². The average molecular weight is 285 g/mol. The van der Waals surface area contributed by atoms with Crippen molar-refractivity contribution >= 4 is 5.82 Å². The summed E-state index contributed by atoms with van der Waals surface area (Å²) >= 11 is 0. The highest BCUT2D eigenvalue weighted by Gasteiger charge is 2.12. The quantitative estimate of drug-likeness (QED) is 0.934. The van der Waals surface area contributed by atoms with E-state index < -0.39 is 0 Å². The van der Waals surface area contributed by atoms with E-state index in [4.69, 9.17) is 9.47 Å². The zero-order chi connectivity index (χ0) is 14.5. The fourth-order valence-electron chi connectivity index (χ4n) is 2.32. The number of rotatable bonds is 4. The van der Waals surface area contributed by atoms with Gasteiger partial charge in [-0.05, 0) is 18.2 Å². The molecule has 1 saturated heterocycles. The fraction of sp³-hybridized carbons (Fsp3) is 0.312. The number of aromatic nitrogens is 1. The third kappa shape index (κ3) is 3.44. The van der Waals surface area contributed by atoms with Gasteiger partial charge in [0, 0.05) is 38.3 Å². The minimum atomic E-state index is 0.597. The number of piperazine rings is 1. The molecule has 0 atom stereocenters. The van der Waals surface area contributed by atoms with Crippen molar-refractivity contribution in [3.05, 3.63) is 42.5 Å². The molecule has 110 valence electrons. The molecular weight excluding hydrogens is 266 g/mol. The van der Waals surface area contributed by atoms with Crippen LogP contribution in [-0.2, 0) is 0 Å². The first kappa shape index (κ1) is 13.7. The molecule has 1 aliphatic rings. The molecule has 2 heterocycles.